The fourth-order valence-electron chi connectivity index (χ4n) is 3.45. The molecule has 3 heteroatoms. The van der Waals surface area contributed by atoms with Gasteiger partial charge in [-0.05, 0) is 36.6 Å². The van der Waals surface area contributed by atoms with E-state index in [1.54, 1.807) is 7.11 Å². The highest BCUT2D eigenvalue weighted by molar-refractivity contribution is 5.87. The van der Waals surface area contributed by atoms with E-state index in [4.69, 9.17) is 4.74 Å². The molecule has 0 radical (unpaired) electrons. The maximum absolute atomic E-state index is 11.4. The highest BCUT2D eigenvalue weighted by Gasteiger charge is 2.32. The molecule has 2 rings (SSSR count). The van der Waals surface area contributed by atoms with Crippen LogP contribution in [0.4, 0.5) is 0 Å². The van der Waals surface area contributed by atoms with Gasteiger partial charge in [0, 0.05) is 36.0 Å². The van der Waals surface area contributed by atoms with Crippen molar-refractivity contribution in [2.45, 2.75) is 51.4 Å². The smallest absolute Gasteiger partial charge is 0.120 e. The Bertz CT molecular complexity index is 644. The Labute approximate surface area is 133 Å². The SMILES string of the molecule is CCCC[C@@](CC)(CC=O)c1cn(C)c2ccc(OC)cc12. The molecule has 2 aromatic rings. The lowest BCUT2D eigenvalue weighted by molar-refractivity contribution is -0.109. The average Bonchev–Trinajstić information content (AvgIpc) is 2.88. The summed E-state index contributed by atoms with van der Waals surface area (Å²) in [6, 6.07) is 6.19. The monoisotopic (exact) mass is 301 g/mol. The van der Waals surface area contributed by atoms with E-state index in [9.17, 15) is 4.79 Å². The van der Waals surface area contributed by atoms with Crippen LogP contribution in [0.1, 0.15) is 51.5 Å². The van der Waals surface area contributed by atoms with Gasteiger partial charge < -0.3 is 14.1 Å². The molecular weight excluding hydrogens is 274 g/mol. The minimum absolute atomic E-state index is 0.0658. The van der Waals surface area contributed by atoms with Gasteiger partial charge in [-0.25, -0.2) is 0 Å². The molecule has 0 N–H and O–H groups in total. The number of carbonyl (C=O) groups excluding carboxylic acids is 1. The van der Waals surface area contributed by atoms with Gasteiger partial charge in [0.05, 0.1) is 7.11 Å². The quantitative estimate of drug-likeness (QED) is 0.666. The van der Waals surface area contributed by atoms with Crippen molar-refractivity contribution in [3.63, 3.8) is 0 Å². The number of benzene rings is 1. The maximum atomic E-state index is 11.4. The lowest BCUT2D eigenvalue weighted by atomic mass is 9.72. The number of nitrogens with zero attached hydrogens (tertiary/aromatic N) is 1. The first-order chi connectivity index (χ1) is 10.6. The highest BCUT2D eigenvalue weighted by Crippen LogP contribution is 2.41. The van der Waals surface area contributed by atoms with Crippen molar-refractivity contribution >= 4 is 17.2 Å². The molecule has 0 fully saturated rings. The molecule has 1 heterocycles. The number of hydrogen-bond donors (Lipinski definition) is 0. The standard InChI is InChI=1S/C19H27NO2/c1-5-7-10-19(6-2,11-12-21)17-14-20(3)18-9-8-15(22-4)13-16(17)18/h8-9,12-14H,5-7,10-11H2,1-4H3/t19-/m0/s1. The second-order valence-electron chi connectivity index (χ2n) is 6.14. The van der Waals surface area contributed by atoms with Gasteiger partial charge in [-0.3, -0.25) is 0 Å². The molecular formula is C19H27NO2. The number of unbranched alkanes of at least 4 members (excludes halogenated alkanes) is 1. The van der Waals surface area contributed by atoms with Gasteiger partial charge >= 0.3 is 0 Å². The van der Waals surface area contributed by atoms with Crippen molar-refractivity contribution in [1.29, 1.82) is 0 Å². The molecule has 0 aliphatic rings. The molecule has 0 spiro atoms. The van der Waals surface area contributed by atoms with E-state index >= 15 is 0 Å². The van der Waals surface area contributed by atoms with Crippen LogP contribution in [0.3, 0.4) is 0 Å². The Morgan fingerprint density at radius 3 is 2.68 bits per heavy atom. The van der Waals surface area contributed by atoms with Crippen molar-refractivity contribution in [2.24, 2.45) is 7.05 Å². The topological polar surface area (TPSA) is 31.2 Å². The fourth-order valence-corrected chi connectivity index (χ4v) is 3.45. The lowest BCUT2D eigenvalue weighted by Gasteiger charge is -2.31. The number of aromatic nitrogens is 1. The molecule has 1 aromatic heterocycles. The zero-order valence-corrected chi connectivity index (χ0v) is 14.2. The van der Waals surface area contributed by atoms with Crippen LogP contribution in [-0.4, -0.2) is 18.0 Å². The summed E-state index contributed by atoms with van der Waals surface area (Å²) in [6.45, 7) is 4.39. The van der Waals surface area contributed by atoms with Crippen LogP contribution in [0.15, 0.2) is 24.4 Å². The van der Waals surface area contributed by atoms with Crippen molar-refractivity contribution < 1.29 is 9.53 Å². The van der Waals surface area contributed by atoms with Gasteiger partial charge in [0.25, 0.3) is 0 Å². The second kappa shape index (κ2) is 6.99. The predicted octanol–water partition coefficient (Wildman–Crippen LogP) is 4.61. The van der Waals surface area contributed by atoms with Crippen LogP contribution in [0, 0.1) is 0 Å². The molecule has 0 saturated carbocycles. The summed E-state index contributed by atoms with van der Waals surface area (Å²) in [7, 11) is 3.76. The summed E-state index contributed by atoms with van der Waals surface area (Å²) < 4.78 is 7.55. The van der Waals surface area contributed by atoms with E-state index < -0.39 is 0 Å². The minimum atomic E-state index is -0.0658. The van der Waals surface area contributed by atoms with Gasteiger partial charge in [-0.2, -0.15) is 0 Å². The zero-order valence-electron chi connectivity index (χ0n) is 14.2. The number of methoxy groups -OCH3 is 1. The van der Waals surface area contributed by atoms with Gasteiger partial charge in [0.1, 0.15) is 12.0 Å². The Hall–Kier alpha value is -1.77. The first-order valence-corrected chi connectivity index (χ1v) is 8.19. The highest BCUT2D eigenvalue weighted by atomic mass is 16.5. The molecule has 3 nitrogen and oxygen atoms in total. The van der Waals surface area contributed by atoms with E-state index in [1.165, 1.54) is 16.5 Å². The molecule has 120 valence electrons. The number of fused-ring (bicyclic) bond motifs is 1. The van der Waals surface area contributed by atoms with E-state index in [-0.39, 0.29) is 5.41 Å². The third kappa shape index (κ3) is 2.90. The zero-order chi connectivity index (χ0) is 16.2. The molecule has 1 atom stereocenters. The molecule has 1 aromatic carbocycles. The number of rotatable bonds is 8. The molecule has 0 bridgehead atoms. The molecule has 0 saturated heterocycles. The Balaban J connectivity index is 2.63. The third-order valence-electron chi connectivity index (χ3n) is 4.93. The molecule has 0 aliphatic heterocycles. The normalized spacial score (nSPS) is 14.0. The summed E-state index contributed by atoms with van der Waals surface area (Å²) in [5.74, 6) is 0.867. The number of ether oxygens (including phenoxy) is 1. The molecule has 0 unspecified atom stereocenters. The lowest BCUT2D eigenvalue weighted by Crippen LogP contribution is -2.25. The first kappa shape index (κ1) is 16.6. The second-order valence-corrected chi connectivity index (χ2v) is 6.14. The van der Waals surface area contributed by atoms with Crippen molar-refractivity contribution in [1.82, 2.24) is 4.57 Å². The number of carbonyl (C=O) groups is 1. The predicted molar refractivity (Wildman–Crippen MR) is 91.6 cm³/mol. The van der Waals surface area contributed by atoms with Gasteiger partial charge in [-0.15, -0.1) is 0 Å². The Morgan fingerprint density at radius 2 is 2.09 bits per heavy atom. The van der Waals surface area contributed by atoms with Crippen molar-refractivity contribution in [2.75, 3.05) is 7.11 Å². The summed E-state index contributed by atoms with van der Waals surface area (Å²) >= 11 is 0. The molecule has 0 amide bonds. The third-order valence-corrected chi connectivity index (χ3v) is 4.93. The first-order valence-electron chi connectivity index (χ1n) is 8.19. The number of aryl methyl sites for hydroxylation is 1. The van der Waals surface area contributed by atoms with Crippen LogP contribution >= 0.6 is 0 Å². The summed E-state index contributed by atoms with van der Waals surface area (Å²) in [4.78, 5) is 11.4. The van der Waals surface area contributed by atoms with Gasteiger partial charge in [0.2, 0.25) is 0 Å². The molecule has 22 heavy (non-hydrogen) atoms. The van der Waals surface area contributed by atoms with Crippen LogP contribution in [-0.2, 0) is 17.3 Å². The maximum Gasteiger partial charge on any atom is 0.120 e. The van der Waals surface area contributed by atoms with Crippen LogP contribution in [0.5, 0.6) is 5.75 Å². The van der Waals surface area contributed by atoms with E-state index in [0.717, 1.165) is 37.7 Å². The Morgan fingerprint density at radius 1 is 1.32 bits per heavy atom. The van der Waals surface area contributed by atoms with Gasteiger partial charge in [0.15, 0.2) is 0 Å². The van der Waals surface area contributed by atoms with E-state index in [1.807, 2.05) is 6.07 Å². The van der Waals surface area contributed by atoms with E-state index in [0.29, 0.717) is 6.42 Å². The summed E-state index contributed by atoms with van der Waals surface area (Å²) in [5.41, 5.74) is 2.41. The van der Waals surface area contributed by atoms with Crippen molar-refractivity contribution in [3.8, 4) is 5.75 Å². The van der Waals surface area contributed by atoms with Crippen molar-refractivity contribution in [3.05, 3.63) is 30.0 Å². The Kier molecular flexibility index (Phi) is 5.28. The number of aldehydes is 1. The van der Waals surface area contributed by atoms with Crippen LogP contribution in [0.25, 0.3) is 10.9 Å². The summed E-state index contributed by atoms with van der Waals surface area (Å²) in [6.07, 6.45) is 8.18. The largest absolute Gasteiger partial charge is 0.497 e. The van der Waals surface area contributed by atoms with Crippen LogP contribution in [0.2, 0.25) is 0 Å². The number of hydrogen-bond acceptors (Lipinski definition) is 2. The average molecular weight is 301 g/mol. The van der Waals surface area contributed by atoms with Gasteiger partial charge in [-0.1, -0.05) is 26.7 Å². The summed E-state index contributed by atoms with van der Waals surface area (Å²) in [5, 5.41) is 1.21. The fraction of sp³-hybridized carbons (Fsp3) is 0.526. The molecule has 0 aliphatic carbocycles. The van der Waals surface area contributed by atoms with Crippen LogP contribution < -0.4 is 4.74 Å². The van der Waals surface area contributed by atoms with E-state index in [2.05, 4.69) is 43.8 Å². The minimum Gasteiger partial charge on any atom is -0.497 e.